The van der Waals surface area contributed by atoms with Gasteiger partial charge in [-0.05, 0) is 25.4 Å². The molecule has 0 aliphatic carbocycles. The molecule has 4 atom stereocenters. The van der Waals surface area contributed by atoms with E-state index in [1.54, 1.807) is 0 Å². The number of hydrogen-bond acceptors (Lipinski definition) is 2. The van der Waals surface area contributed by atoms with Crippen molar-refractivity contribution in [1.29, 1.82) is 0 Å². The Bertz CT molecular complexity index is 168. The fourth-order valence-electron chi connectivity index (χ4n) is 2.02. The van der Waals surface area contributed by atoms with E-state index in [-0.39, 0.29) is 6.04 Å². The maximum Gasteiger partial charge on any atom is 0.153 e. The lowest BCUT2D eigenvalue weighted by atomic mass is 9.84. The van der Waals surface area contributed by atoms with Crippen LogP contribution in [-0.2, 0) is 4.79 Å². The summed E-state index contributed by atoms with van der Waals surface area (Å²) in [7, 11) is 2.66. The fraction of sp³-hybridized carbons (Fsp3) is 0.917. The summed E-state index contributed by atoms with van der Waals surface area (Å²) >= 11 is 0. The number of ketones is 1. The predicted octanol–water partition coefficient (Wildman–Crippen LogP) is 2.62. The molecule has 90 valence electrons. The Kier molecular flexibility index (Phi) is 8.27. The summed E-state index contributed by atoms with van der Waals surface area (Å²) in [4.78, 5) is 11.8. The fourth-order valence-corrected chi connectivity index (χ4v) is 2.38. The Balaban J connectivity index is 0.000000921. The molecule has 2 nitrogen and oxygen atoms in total. The van der Waals surface area contributed by atoms with E-state index >= 15 is 0 Å². The average Bonchev–Trinajstić information content (AvgIpc) is 2.32. The number of hydrogen-bond donors (Lipinski definition) is 1. The van der Waals surface area contributed by atoms with Crippen LogP contribution in [0.1, 0.15) is 47.0 Å². The van der Waals surface area contributed by atoms with Crippen molar-refractivity contribution in [3.8, 4) is 0 Å². The van der Waals surface area contributed by atoms with Crippen molar-refractivity contribution in [3.63, 3.8) is 0 Å². The zero-order valence-corrected chi connectivity index (χ0v) is 11.7. The summed E-state index contributed by atoms with van der Waals surface area (Å²) in [6.07, 6.45) is 4.02. The van der Waals surface area contributed by atoms with Crippen LogP contribution in [0.25, 0.3) is 0 Å². The van der Waals surface area contributed by atoms with Gasteiger partial charge in [0, 0.05) is 12.0 Å². The SMILES string of the molecule is CC.CCC1C[C@@H](CC)C(=O)C(CP)N1. The molecule has 1 N–H and O–H groups in total. The van der Waals surface area contributed by atoms with Gasteiger partial charge < -0.3 is 5.32 Å². The second-order valence-corrected chi connectivity index (χ2v) is 4.27. The lowest BCUT2D eigenvalue weighted by Gasteiger charge is -2.33. The van der Waals surface area contributed by atoms with Crippen LogP contribution in [0.4, 0.5) is 0 Å². The topological polar surface area (TPSA) is 29.1 Å². The number of piperidine rings is 1. The molecule has 1 saturated heterocycles. The summed E-state index contributed by atoms with van der Waals surface area (Å²) in [5.74, 6) is 0.721. The maximum absolute atomic E-state index is 11.8. The molecule has 0 spiro atoms. The number of Topliss-reactive ketones (excluding diaryl/α,β-unsaturated/α-hetero) is 1. The van der Waals surface area contributed by atoms with E-state index in [4.69, 9.17) is 0 Å². The van der Waals surface area contributed by atoms with Crippen molar-refractivity contribution in [1.82, 2.24) is 5.32 Å². The van der Waals surface area contributed by atoms with E-state index in [0.29, 0.717) is 17.7 Å². The van der Waals surface area contributed by atoms with E-state index in [2.05, 4.69) is 28.4 Å². The molecule has 0 bridgehead atoms. The first-order chi connectivity index (χ1) is 7.22. The minimum atomic E-state index is 0.0913. The van der Waals surface area contributed by atoms with Crippen molar-refractivity contribution >= 4 is 15.0 Å². The standard InChI is InChI=1S/C10H20NOP.C2H6/c1-3-7-5-8(4-2)11-9(6-13)10(7)12;1-2/h7-9,11H,3-6,13H2,1-2H3;1-2H3/t7-,8?,9?;/m1./s1. The zero-order chi connectivity index (χ0) is 11.8. The van der Waals surface area contributed by atoms with Crippen LogP contribution < -0.4 is 5.32 Å². The van der Waals surface area contributed by atoms with Gasteiger partial charge in [0.1, 0.15) is 0 Å². The first-order valence-electron chi connectivity index (χ1n) is 6.22. The number of rotatable bonds is 3. The van der Waals surface area contributed by atoms with Crippen molar-refractivity contribution < 1.29 is 4.79 Å². The van der Waals surface area contributed by atoms with Crippen LogP contribution >= 0.6 is 9.24 Å². The van der Waals surface area contributed by atoms with Gasteiger partial charge >= 0.3 is 0 Å². The number of carbonyl (C=O) groups excluding carboxylic acids is 1. The third-order valence-corrected chi connectivity index (χ3v) is 3.44. The van der Waals surface area contributed by atoms with Crippen LogP contribution in [0.15, 0.2) is 0 Å². The van der Waals surface area contributed by atoms with Crippen LogP contribution in [0.3, 0.4) is 0 Å². The Morgan fingerprint density at radius 3 is 2.33 bits per heavy atom. The predicted molar refractivity (Wildman–Crippen MR) is 70.3 cm³/mol. The van der Waals surface area contributed by atoms with E-state index in [0.717, 1.165) is 25.4 Å². The quantitative estimate of drug-likeness (QED) is 0.756. The molecule has 0 amide bonds. The second kappa shape index (κ2) is 8.24. The molecule has 0 aromatic heterocycles. The number of carbonyl (C=O) groups is 1. The first kappa shape index (κ1) is 15.1. The molecule has 0 radical (unpaired) electrons. The van der Waals surface area contributed by atoms with Gasteiger partial charge in [0.15, 0.2) is 5.78 Å². The highest BCUT2D eigenvalue weighted by molar-refractivity contribution is 7.16. The molecular weight excluding hydrogens is 205 g/mol. The molecule has 1 fully saturated rings. The van der Waals surface area contributed by atoms with Crippen molar-refractivity contribution in [2.45, 2.75) is 59.0 Å². The minimum absolute atomic E-state index is 0.0913. The smallest absolute Gasteiger partial charge is 0.153 e. The van der Waals surface area contributed by atoms with Gasteiger partial charge in [-0.3, -0.25) is 4.79 Å². The lowest BCUT2D eigenvalue weighted by molar-refractivity contribution is -0.127. The molecule has 0 aromatic rings. The largest absolute Gasteiger partial charge is 0.304 e. The van der Waals surface area contributed by atoms with Crippen molar-refractivity contribution in [2.24, 2.45) is 5.92 Å². The molecular formula is C12H26NOP. The molecule has 3 unspecified atom stereocenters. The Hall–Kier alpha value is 0.0600. The lowest BCUT2D eigenvalue weighted by Crippen LogP contribution is -2.52. The normalized spacial score (nSPS) is 30.7. The molecule has 1 heterocycles. The average molecular weight is 231 g/mol. The van der Waals surface area contributed by atoms with E-state index in [1.807, 2.05) is 13.8 Å². The van der Waals surface area contributed by atoms with Crippen LogP contribution in [0.5, 0.6) is 0 Å². The Labute approximate surface area is 96.8 Å². The summed E-state index contributed by atoms with van der Waals surface area (Å²) < 4.78 is 0. The molecule has 1 aliphatic heterocycles. The van der Waals surface area contributed by atoms with Crippen LogP contribution in [0.2, 0.25) is 0 Å². The van der Waals surface area contributed by atoms with Crippen LogP contribution in [0, 0.1) is 5.92 Å². The molecule has 0 aromatic carbocycles. The Morgan fingerprint density at radius 1 is 1.33 bits per heavy atom. The minimum Gasteiger partial charge on any atom is -0.304 e. The highest BCUT2D eigenvalue weighted by Gasteiger charge is 2.32. The van der Waals surface area contributed by atoms with Gasteiger partial charge in [-0.1, -0.05) is 27.7 Å². The second-order valence-electron chi connectivity index (χ2n) is 3.80. The van der Waals surface area contributed by atoms with E-state index < -0.39 is 0 Å². The monoisotopic (exact) mass is 231 g/mol. The van der Waals surface area contributed by atoms with Crippen LogP contribution in [-0.4, -0.2) is 24.0 Å². The highest BCUT2D eigenvalue weighted by atomic mass is 31.0. The maximum atomic E-state index is 11.8. The summed E-state index contributed by atoms with van der Waals surface area (Å²) in [5.41, 5.74) is 0. The summed E-state index contributed by atoms with van der Waals surface area (Å²) in [6, 6.07) is 0.641. The van der Waals surface area contributed by atoms with Gasteiger partial charge in [-0.25, -0.2) is 0 Å². The molecule has 0 saturated carbocycles. The van der Waals surface area contributed by atoms with Gasteiger partial charge in [0.25, 0.3) is 0 Å². The Morgan fingerprint density at radius 2 is 1.93 bits per heavy atom. The first-order valence-corrected chi connectivity index (χ1v) is 7.04. The molecule has 3 heteroatoms. The highest BCUT2D eigenvalue weighted by Crippen LogP contribution is 2.22. The third-order valence-electron chi connectivity index (χ3n) is 2.97. The molecule has 15 heavy (non-hydrogen) atoms. The van der Waals surface area contributed by atoms with E-state index in [9.17, 15) is 4.79 Å². The van der Waals surface area contributed by atoms with Crippen molar-refractivity contribution in [3.05, 3.63) is 0 Å². The summed E-state index contributed by atoms with van der Waals surface area (Å²) in [5, 5.41) is 3.40. The molecule has 1 aliphatic rings. The summed E-state index contributed by atoms with van der Waals surface area (Å²) in [6.45, 7) is 8.29. The molecule has 1 rings (SSSR count). The van der Waals surface area contributed by atoms with Gasteiger partial charge in [0.2, 0.25) is 0 Å². The van der Waals surface area contributed by atoms with Gasteiger partial charge in [0.05, 0.1) is 6.04 Å². The van der Waals surface area contributed by atoms with Gasteiger partial charge in [-0.2, -0.15) is 0 Å². The number of nitrogens with one attached hydrogen (secondary N) is 1. The van der Waals surface area contributed by atoms with E-state index in [1.165, 1.54) is 0 Å². The van der Waals surface area contributed by atoms with Gasteiger partial charge in [-0.15, -0.1) is 9.24 Å². The zero-order valence-electron chi connectivity index (χ0n) is 10.5. The van der Waals surface area contributed by atoms with Crippen molar-refractivity contribution in [2.75, 3.05) is 6.16 Å². The third kappa shape index (κ3) is 4.20.